The number of unbranched alkanes of at least 4 members (excludes halogenated alkanes) is 2. The van der Waals surface area contributed by atoms with Crippen LogP contribution in [0.5, 0.6) is 0 Å². The highest BCUT2D eigenvalue weighted by atomic mass is 19.1. The highest BCUT2D eigenvalue weighted by molar-refractivity contribution is 5.99. The number of hydrogen-bond acceptors (Lipinski definition) is 3. The molecule has 0 bridgehead atoms. The molecular formula is C16H23FN2O2. The molecule has 1 aliphatic heterocycles. The van der Waals surface area contributed by atoms with E-state index in [0.29, 0.717) is 12.2 Å². The summed E-state index contributed by atoms with van der Waals surface area (Å²) in [6, 6.07) is 6.24. The third kappa shape index (κ3) is 3.80. The monoisotopic (exact) mass is 294 g/mol. The molecule has 1 aromatic carbocycles. The fourth-order valence-corrected chi connectivity index (χ4v) is 2.79. The molecule has 1 fully saturated rings. The summed E-state index contributed by atoms with van der Waals surface area (Å²) >= 11 is 0. The Morgan fingerprint density at radius 1 is 1.33 bits per heavy atom. The normalized spacial score (nSPS) is 18.8. The van der Waals surface area contributed by atoms with Crippen molar-refractivity contribution in [3.8, 4) is 0 Å². The number of carbonyl (C=O) groups is 1. The van der Waals surface area contributed by atoms with E-state index >= 15 is 0 Å². The fraction of sp³-hybridized carbons (Fsp3) is 0.562. The Labute approximate surface area is 125 Å². The molecule has 1 atom stereocenters. The molecule has 0 spiro atoms. The van der Waals surface area contributed by atoms with Gasteiger partial charge in [0.05, 0.1) is 11.7 Å². The summed E-state index contributed by atoms with van der Waals surface area (Å²) in [5.74, 6) is -0.373. The molecule has 116 valence electrons. The van der Waals surface area contributed by atoms with Crippen molar-refractivity contribution in [2.45, 2.75) is 31.7 Å². The number of aliphatic hydroxyl groups excluding tert-OH is 1. The number of halogens is 1. The molecule has 0 aromatic heterocycles. The highest BCUT2D eigenvalue weighted by Crippen LogP contribution is 2.26. The molecule has 1 saturated heterocycles. The third-order valence-corrected chi connectivity index (χ3v) is 4.02. The summed E-state index contributed by atoms with van der Waals surface area (Å²) in [6.07, 6.45) is 3.44. The maximum atomic E-state index is 13.8. The van der Waals surface area contributed by atoms with E-state index in [2.05, 4.69) is 0 Å². The van der Waals surface area contributed by atoms with Crippen LogP contribution in [0, 0.1) is 5.82 Å². The van der Waals surface area contributed by atoms with Crippen LogP contribution in [0.1, 0.15) is 25.7 Å². The van der Waals surface area contributed by atoms with Gasteiger partial charge in [-0.25, -0.2) is 4.39 Å². The molecule has 21 heavy (non-hydrogen) atoms. The van der Waals surface area contributed by atoms with Crippen LogP contribution in [0.15, 0.2) is 24.3 Å². The Kier molecular flexibility index (Phi) is 5.70. The average Bonchev–Trinajstić information content (AvgIpc) is 2.86. The van der Waals surface area contributed by atoms with Crippen molar-refractivity contribution < 1.29 is 14.3 Å². The second-order valence-corrected chi connectivity index (χ2v) is 5.51. The van der Waals surface area contributed by atoms with Crippen molar-refractivity contribution in [2.75, 3.05) is 31.6 Å². The smallest absolute Gasteiger partial charge is 0.244 e. The minimum Gasteiger partial charge on any atom is -0.396 e. The van der Waals surface area contributed by atoms with Crippen LogP contribution in [-0.2, 0) is 4.79 Å². The van der Waals surface area contributed by atoms with Crippen LogP contribution < -0.4 is 4.90 Å². The summed E-state index contributed by atoms with van der Waals surface area (Å²) < 4.78 is 13.8. The molecule has 1 amide bonds. The minimum absolute atomic E-state index is 0.0234. The lowest BCUT2D eigenvalue weighted by Crippen LogP contribution is -2.40. The maximum Gasteiger partial charge on any atom is 0.244 e. The van der Waals surface area contributed by atoms with Gasteiger partial charge in [0.1, 0.15) is 5.82 Å². The molecule has 0 aliphatic carbocycles. The van der Waals surface area contributed by atoms with Gasteiger partial charge >= 0.3 is 0 Å². The molecule has 1 heterocycles. The number of anilines is 1. The molecule has 0 radical (unpaired) electrons. The van der Waals surface area contributed by atoms with Gasteiger partial charge in [0.25, 0.3) is 0 Å². The number of likely N-dealkylation sites (N-methyl/N-ethyl adjacent to an activating group) is 1. The first-order valence-electron chi connectivity index (χ1n) is 7.52. The molecular weight excluding hydrogens is 271 g/mol. The Bertz CT molecular complexity index is 481. The van der Waals surface area contributed by atoms with Gasteiger partial charge in [-0.15, -0.1) is 0 Å². The number of rotatable bonds is 7. The first-order valence-corrected chi connectivity index (χ1v) is 7.52. The van der Waals surface area contributed by atoms with Crippen molar-refractivity contribution in [2.24, 2.45) is 0 Å². The standard InChI is InChI=1S/C16H23FN2O2/c1-18(10-5-2-6-12-20)15-9-11-19(16(15)21)14-8-4-3-7-13(14)17/h3-4,7-8,15,20H,2,5-6,9-12H2,1H3. The molecule has 1 unspecified atom stereocenters. The Balaban J connectivity index is 1.93. The predicted octanol–water partition coefficient (Wildman–Crippen LogP) is 2.03. The summed E-state index contributed by atoms with van der Waals surface area (Å²) in [5, 5.41) is 8.76. The first-order chi connectivity index (χ1) is 10.1. The lowest BCUT2D eigenvalue weighted by Gasteiger charge is -2.23. The number of aliphatic hydroxyl groups is 1. The van der Waals surface area contributed by atoms with Crippen molar-refractivity contribution >= 4 is 11.6 Å². The van der Waals surface area contributed by atoms with E-state index in [1.165, 1.54) is 6.07 Å². The number of nitrogens with zero attached hydrogens (tertiary/aromatic N) is 2. The summed E-state index contributed by atoms with van der Waals surface area (Å²) in [4.78, 5) is 16.1. The molecule has 1 N–H and O–H groups in total. The summed E-state index contributed by atoms with van der Waals surface area (Å²) in [5.41, 5.74) is 0.374. The Hall–Kier alpha value is -1.46. The number of para-hydroxylation sites is 1. The van der Waals surface area contributed by atoms with Gasteiger partial charge in [-0.2, -0.15) is 0 Å². The molecule has 5 heteroatoms. The number of benzene rings is 1. The van der Waals surface area contributed by atoms with E-state index in [-0.39, 0.29) is 24.4 Å². The minimum atomic E-state index is -0.350. The van der Waals surface area contributed by atoms with E-state index in [1.807, 2.05) is 11.9 Å². The summed E-state index contributed by atoms with van der Waals surface area (Å²) in [7, 11) is 1.94. The molecule has 4 nitrogen and oxygen atoms in total. The quantitative estimate of drug-likeness (QED) is 0.783. The topological polar surface area (TPSA) is 43.8 Å². The third-order valence-electron chi connectivity index (χ3n) is 4.02. The SMILES string of the molecule is CN(CCCCCO)C1CCN(c2ccccc2F)C1=O. The highest BCUT2D eigenvalue weighted by Gasteiger charge is 2.35. The Morgan fingerprint density at radius 2 is 2.10 bits per heavy atom. The van der Waals surface area contributed by atoms with E-state index in [0.717, 1.165) is 32.2 Å². The van der Waals surface area contributed by atoms with Crippen LogP contribution in [0.4, 0.5) is 10.1 Å². The van der Waals surface area contributed by atoms with Crippen LogP contribution in [-0.4, -0.2) is 48.7 Å². The van der Waals surface area contributed by atoms with Gasteiger partial charge in [-0.05, 0) is 51.4 Å². The van der Waals surface area contributed by atoms with Crippen molar-refractivity contribution in [1.82, 2.24) is 4.90 Å². The zero-order valence-electron chi connectivity index (χ0n) is 12.5. The molecule has 1 aliphatic rings. The van der Waals surface area contributed by atoms with Crippen molar-refractivity contribution in [3.05, 3.63) is 30.1 Å². The van der Waals surface area contributed by atoms with Crippen LogP contribution in [0.3, 0.4) is 0 Å². The van der Waals surface area contributed by atoms with Gasteiger partial charge in [-0.1, -0.05) is 12.1 Å². The van der Waals surface area contributed by atoms with Crippen molar-refractivity contribution in [3.63, 3.8) is 0 Å². The largest absolute Gasteiger partial charge is 0.396 e. The van der Waals surface area contributed by atoms with Gasteiger partial charge in [0.2, 0.25) is 5.91 Å². The first kappa shape index (κ1) is 15.9. The zero-order valence-corrected chi connectivity index (χ0v) is 12.5. The number of amides is 1. The van der Waals surface area contributed by atoms with E-state index in [4.69, 9.17) is 5.11 Å². The molecule has 2 rings (SSSR count). The lowest BCUT2D eigenvalue weighted by atomic mass is 10.2. The zero-order chi connectivity index (χ0) is 15.2. The molecule has 1 aromatic rings. The molecule has 0 saturated carbocycles. The van der Waals surface area contributed by atoms with Gasteiger partial charge < -0.3 is 10.0 Å². The van der Waals surface area contributed by atoms with E-state index in [9.17, 15) is 9.18 Å². The van der Waals surface area contributed by atoms with Crippen LogP contribution in [0.2, 0.25) is 0 Å². The number of carbonyl (C=O) groups excluding carboxylic acids is 1. The Morgan fingerprint density at radius 3 is 2.81 bits per heavy atom. The predicted molar refractivity (Wildman–Crippen MR) is 80.7 cm³/mol. The maximum absolute atomic E-state index is 13.8. The fourth-order valence-electron chi connectivity index (χ4n) is 2.79. The van der Waals surface area contributed by atoms with Gasteiger partial charge in [0.15, 0.2) is 0 Å². The second-order valence-electron chi connectivity index (χ2n) is 5.51. The van der Waals surface area contributed by atoms with Crippen LogP contribution >= 0.6 is 0 Å². The summed E-state index contributed by atoms with van der Waals surface area (Å²) in [6.45, 7) is 1.60. The number of hydrogen-bond donors (Lipinski definition) is 1. The van der Waals surface area contributed by atoms with Gasteiger partial charge in [0, 0.05) is 13.2 Å². The van der Waals surface area contributed by atoms with E-state index < -0.39 is 0 Å². The van der Waals surface area contributed by atoms with Gasteiger partial charge in [-0.3, -0.25) is 9.69 Å². The lowest BCUT2D eigenvalue weighted by molar-refractivity contribution is -0.121. The van der Waals surface area contributed by atoms with E-state index in [1.54, 1.807) is 23.1 Å². The van der Waals surface area contributed by atoms with Crippen molar-refractivity contribution in [1.29, 1.82) is 0 Å². The average molecular weight is 294 g/mol. The second kappa shape index (κ2) is 7.52. The van der Waals surface area contributed by atoms with Crippen LogP contribution in [0.25, 0.3) is 0 Å².